The Kier molecular flexibility index (Phi) is 8.11. The maximum absolute atomic E-state index is 5.10. The van der Waals surface area contributed by atoms with E-state index in [2.05, 4.69) is 164 Å². The summed E-state index contributed by atoms with van der Waals surface area (Å²) in [5.74, 6) is 0. The number of para-hydroxylation sites is 1. The Morgan fingerprint density at radius 3 is 1.57 bits per heavy atom. The molecule has 0 aliphatic heterocycles. The van der Waals surface area contributed by atoms with E-state index in [1.54, 1.807) is 0 Å². The van der Waals surface area contributed by atoms with Gasteiger partial charge in [-0.2, -0.15) is 0 Å². The molecule has 0 N–H and O–H groups in total. The molecule has 0 saturated heterocycles. The van der Waals surface area contributed by atoms with Crippen LogP contribution >= 0.6 is 0 Å². The van der Waals surface area contributed by atoms with Crippen LogP contribution in [0.2, 0.25) is 0 Å². The van der Waals surface area contributed by atoms with Gasteiger partial charge < -0.3 is 9.30 Å². The summed E-state index contributed by atoms with van der Waals surface area (Å²) < 4.78 is 2.04. The zero-order valence-corrected chi connectivity index (χ0v) is 27.2. The second-order valence-corrected chi connectivity index (χ2v) is 12.0. The normalized spacial score (nSPS) is 11.5. The van der Waals surface area contributed by atoms with Crippen molar-refractivity contribution in [2.45, 2.75) is 6.92 Å². The third-order valence-electron chi connectivity index (χ3n) is 8.84. The number of hydrogen-bond acceptors (Lipinski definition) is 3. The van der Waals surface area contributed by atoms with Gasteiger partial charge in [-0.1, -0.05) is 121 Å². The molecule has 0 amide bonds. The van der Waals surface area contributed by atoms with Gasteiger partial charge in [-0.05, 0) is 89.3 Å². The van der Waals surface area contributed by atoms with Crippen molar-refractivity contribution in [3.05, 3.63) is 194 Å². The standard InChI is InChI=1S/C45H34N4/c1-33(46-43-17-9-8-16-42(43)44-32-48-31-11-10-18-45(48)47-44)34-19-25-39(26-20-34)49(40-27-21-37(22-28-40)35-12-4-2-5-13-35)41-29-23-38(24-30-41)36-14-6-3-7-15-36/h2-32H,1H3/b46-33+. The first-order chi connectivity index (χ1) is 24.2. The van der Waals surface area contributed by atoms with E-state index >= 15 is 0 Å². The quantitative estimate of drug-likeness (QED) is 0.157. The lowest BCUT2D eigenvalue weighted by Gasteiger charge is -2.26. The third kappa shape index (κ3) is 6.28. The summed E-state index contributed by atoms with van der Waals surface area (Å²) in [5, 5.41) is 0. The lowest BCUT2D eigenvalue weighted by Crippen LogP contribution is -2.10. The summed E-state index contributed by atoms with van der Waals surface area (Å²) in [4.78, 5) is 12.2. The lowest BCUT2D eigenvalue weighted by molar-refractivity contribution is 1.19. The molecule has 0 bridgehead atoms. The first-order valence-corrected chi connectivity index (χ1v) is 16.5. The number of imidazole rings is 1. The molecule has 0 aliphatic carbocycles. The predicted octanol–water partition coefficient (Wildman–Crippen LogP) is 11.9. The van der Waals surface area contributed by atoms with E-state index in [9.17, 15) is 0 Å². The molecule has 234 valence electrons. The molecule has 2 heterocycles. The van der Waals surface area contributed by atoms with Crippen LogP contribution in [0.3, 0.4) is 0 Å². The van der Waals surface area contributed by atoms with Crippen LogP contribution in [-0.2, 0) is 0 Å². The summed E-state index contributed by atoms with van der Waals surface area (Å²) in [6.07, 6.45) is 4.07. The number of fused-ring (bicyclic) bond motifs is 1. The van der Waals surface area contributed by atoms with Gasteiger partial charge in [0.15, 0.2) is 0 Å². The van der Waals surface area contributed by atoms with Crippen LogP contribution < -0.4 is 4.90 Å². The monoisotopic (exact) mass is 630 g/mol. The highest BCUT2D eigenvalue weighted by Gasteiger charge is 2.15. The van der Waals surface area contributed by atoms with Gasteiger partial charge in [0.25, 0.3) is 0 Å². The van der Waals surface area contributed by atoms with Crippen molar-refractivity contribution in [1.82, 2.24) is 9.38 Å². The van der Waals surface area contributed by atoms with Crippen LogP contribution in [0, 0.1) is 0 Å². The van der Waals surface area contributed by atoms with Crippen LogP contribution in [0.15, 0.2) is 193 Å². The fourth-order valence-corrected chi connectivity index (χ4v) is 6.26. The van der Waals surface area contributed by atoms with Crippen molar-refractivity contribution in [1.29, 1.82) is 0 Å². The minimum atomic E-state index is 0.895. The highest BCUT2D eigenvalue weighted by molar-refractivity contribution is 6.01. The minimum Gasteiger partial charge on any atom is -0.311 e. The molecule has 0 spiro atoms. The fraction of sp³-hybridized carbons (Fsp3) is 0.0222. The predicted molar refractivity (Wildman–Crippen MR) is 204 cm³/mol. The SMILES string of the molecule is C/C(=N\c1ccccc1-c1cn2ccccc2n1)c1ccc(N(c2ccc(-c3ccccc3)cc2)c2ccc(-c3ccccc3)cc2)cc1. The van der Waals surface area contributed by atoms with E-state index in [1.807, 2.05) is 40.9 Å². The Morgan fingerprint density at radius 1 is 0.510 bits per heavy atom. The molecular formula is C45H34N4. The van der Waals surface area contributed by atoms with Gasteiger partial charge in [0.05, 0.1) is 11.4 Å². The van der Waals surface area contributed by atoms with Crippen molar-refractivity contribution >= 4 is 34.1 Å². The Morgan fingerprint density at radius 2 is 1.00 bits per heavy atom. The molecule has 8 aromatic rings. The van der Waals surface area contributed by atoms with Gasteiger partial charge in [-0.3, -0.25) is 4.99 Å². The number of benzene rings is 6. The van der Waals surface area contributed by atoms with Crippen LogP contribution in [0.25, 0.3) is 39.2 Å². The molecule has 0 unspecified atom stereocenters. The van der Waals surface area contributed by atoms with Gasteiger partial charge in [-0.15, -0.1) is 0 Å². The summed E-state index contributed by atoms with van der Waals surface area (Å²) in [6.45, 7) is 2.07. The Labute approximate surface area is 286 Å². The second kappa shape index (κ2) is 13.3. The van der Waals surface area contributed by atoms with Crippen molar-refractivity contribution < 1.29 is 0 Å². The molecular weight excluding hydrogens is 597 g/mol. The zero-order chi connectivity index (χ0) is 33.0. The van der Waals surface area contributed by atoms with E-state index in [0.29, 0.717) is 0 Å². The molecule has 0 radical (unpaired) electrons. The molecule has 4 nitrogen and oxygen atoms in total. The molecule has 8 rings (SSSR count). The van der Waals surface area contributed by atoms with Gasteiger partial charge in [-0.25, -0.2) is 4.98 Å². The first kappa shape index (κ1) is 29.9. The number of nitrogens with zero attached hydrogens (tertiary/aromatic N) is 4. The number of rotatable bonds is 8. The molecule has 0 aliphatic rings. The van der Waals surface area contributed by atoms with Crippen LogP contribution in [0.1, 0.15) is 12.5 Å². The van der Waals surface area contributed by atoms with Gasteiger partial charge >= 0.3 is 0 Å². The summed E-state index contributed by atoms with van der Waals surface area (Å²) >= 11 is 0. The topological polar surface area (TPSA) is 32.9 Å². The van der Waals surface area contributed by atoms with Gasteiger partial charge in [0.2, 0.25) is 0 Å². The van der Waals surface area contributed by atoms with Gasteiger partial charge in [0.1, 0.15) is 5.65 Å². The van der Waals surface area contributed by atoms with Crippen LogP contribution in [-0.4, -0.2) is 15.1 Å². The Bertz CT molecular complexity index is 2240. The average molecular weight is 631 g/mol. The number of aliphatic imine (C=N–C) groups is 1. The van der Waals surface area contributed by atoms with E-state index in [4.69, 9.17) is 9.98 Å². The maximum Gasteiger partial charge on any atom is 0.137 e. The molecule has 4 heteroatoms. The molecule has 6 aromatic carbocycles. The van der Waals surface area contributed by atoms with Crippen molar-refractivity contribution in [2.75, 3.05) is 4.90 Å². The molecule has 0 saturated carbocycles. The van der Waals surface area contributed by atoms with E-state index in [1.165, 1.54) is 22.3 Å². The first-order valence-electron chi connectivity index (χ1n) is 16.5. The smallest absolute Gasteiger partial charge is 0.137 e. The highest BCUT2D eigenvalue weighted by Crippen LogP contribution is 2.37. The minimum absolute atomic E-state index is 0.895. The Balaban J connectivity index is 1.13. The number of anilines is 3. The fourth-order valence-electron chi connectivity index (χ4n) is 6.26. The summed E-state index contributed by atoms with van der Waals surface area (Å²) in [6, 6.07) is 61.5. The van der Waals surface area contributed by atoms with Crippen LogP contribution in [0.5, 0.6) is 0 Å². The number of aromatic nitrogens is 2. The van der Waals surface area contributed by atoms with E-state index in [0.717, 1.165) is 50.9 Å². The highest BCUT2D eigenvalue weighted by atomic mass is 15.1. The molecule has 49 heavy (non-hydrogen) atoms. The average Bonchev–Trinajstić information content (AvgIpc) is 3.61. The second-order valence-electron chi connectivity index (χ2n) is 12.0. The van der Waals surface area contributed by atoms with Crippen molar-refractivity contribution in [3.63, 3.8) is 0 Å². The zero-order valence-electron chi connectivity index (χ0n) is 27.2. The Hall–Kier alpha value is -6.52. The van der Waals surface area contributed by atoms with E-state index in [-0.39, 0.29) is 0 Å². The molecule has 0 fully saturated rings. The molecule has 0 atom stereocenters. The number of pyridine rings is 1. The number of hydrogen-bond donors (Lipinski definition) is 0. The summed E-state index contributed by atoms with van der Waals surface area (Å²) in [7, 11) is 0. The van der Waals surface area contributed by atoms with Crippen LogP contribution in [0.4, 0.5) is 22.7 Å². The molecule has 2 aromatic heterocycles. The van der Waals surface area contributed by atoms with Crippen molar-refractivity contribution in [2.24, 2.45) is 4.99 Å². The maximum atomic E-state index is 5.10. The van der Waals surface area contributed by atoms with Gasteiger partial charge in [0, 0.05) is 40.7 Å². The van der Waals surface area contributed by atoms with E-state index < -0.39 is 0 Å². The van der Waals surface area contributed by atoms with Crippen molar-refractivity contribution in [3.8, 4) is 33.5 Å². The largest absolute Gasteiger partial charge is 0.311 e. The summed E-state index contributed by atoms with van der Waals surface area (Å²) in [5.41, 5.74) is 13.8. The lowest BCUT2D eigenvalue weighted by atomic mass is 10.0. The third-order valence-corrected chi connectivity index (χ3v) is 8.84.